The number of benzene rings is 3. The molecular weight excluding hydrogens is 711 g/mol. The summed E-state index contributed by atoms with van der Waals surface area (Å²) in [6, 6.07) is 21.5. The highest BCUT2D eigenvalue weighted by Gasteiger charge is 2.34. The van der Waals surface area contributed by atoms with Gasteiger partial charge in [0, 0.05) is 48.8 Å². The highest BCUT2D eigenvalue weighted by atomic mass is 35.5. The van der Waals surface area contributed by atoms with Crippen LogP contribution in [-0.2, 0) is 16.1 Å². The third-order valence-electron chi connectivity index (χ3n) is 9.63. The van der Waals surface area contributed by atoms with Crippen LogP contribution >= 0.6 is 45.9 Å². The van der Waals surface area contributed by atoms with Gasteiger partial charge in [-0.25, -0.2) is 14.8 Å². The predicted molar refractivity (Wildman–Crippen MR) is 205 cm³/mol. The summed E-state index contributed by atoms with van der Waals surface area (Å²) in [5.41, 5.74) is 3.14. The van der Waals surface area contributed by atoms with Gasteiger partial charge in [0.2, 0.25) is 5.91 Å². The van der Waals surface area contributed by atoms with E-state index < -0.39 is 12.0 Å². The van der Waals surface area contributed by atoms with Crippen molar-refractivity contribution in [2.75, 3.05) is 36.0 Å². The molecule has 2 aromatic heterocycles. The Morgan fingerprint density at radius 3 is 1.94 bits per heavy atom. The fraction of sp³-hybridized carbons (Fsp3) is 0.405. The summed E-state index contributed by atoms with van der Waals surface area (Å²) in [6.07, 6.45) is 6.72. The van der Waals surface area contributed by atoms with Gasteiger partial charge in [-0.15, -0.1) is 0 Å². The van der Waals surface area contributed by atoms with Crippen molar-refractivity contribution >= 4 is 88.4 Å². The number of piperidine rings is 2. The van der Waals surface area contributed by atoms with Crippen molar-refractivity contribution in [2.45, 2.75) is 69.6 Å². The third kappa shape index (κ3) is 8.18. The van der Waals surface area contributed by atoms with Gasteiger partial charge in [-0.3, -0.25) is 9.69 Å². The number of hydrogen-bond acceptors (Lipinski definition) is 9. The Labute approximate surface area is 309 Å². The number of carbonyl (C=O) groups excluding carboxylic acids is 1. The molecule has 13 heteroatoms. The lowest BCUT2D eigenvalue weighted by molar-refractivity contribution is -0.139. The minimum atomic E-state index is -0.767. The quantitative estimate of drug-likeness (QED) is 0.172. The van der Waals surface area contributed by atoms with Crippen molar-refractivity contribution in [3.05, 3.63) is 82.3 Å². The molecule has 9 nitrogen and oxygen atoms in total. The van der Waals surface area contributed by atoms with Gasteiger partial charge >= 0.3 is 5.97 Å². The maximum absolute atomic E-state index is 13.3. The summed E-state index contributed by atoms with van der Waals surface area (Å²) in [6.45, 7) is 4.50. The molecule has 3 fully saturated rings. The molecule has 0 spiro atoms. The van der Waals surface area contributed by atoms with Crippen LogP contribution in [0.2, 0.25) is 10.0 Å². The van der Waals surface area contributed by atoms with Crippen LogP contribution in [0, 0.1) is 0 Å². The minimum absolute atomic E-state index is 0.142. The van der Waals surface area contributed by atoms with Gasteiger partial charge in [0.25, 0.3) is 0 Å². The zero-order valence-corrected chi connectivity index (χ0v) is 30.8. The molecular formula is C37H40Cl2N6O3S2. The first-order valence-electron chi connectivity index (χ1n) is 17.3. The maximum atomic E-state index is 13.3. The number of carbonyl (C=O) groups is 2. The monoisotopic (exact) mass is 750 g/mol. The molecule has 1 amide bonds. The summed E-state index contributed by atoms with van der Waals surface area (Å²) >= 11 is 15.2. The maximum Gasteiger partial charge on any atom is 0.326 e. The lowest BCUT2D eigenvalue weighted by atomic mass is 10.0. The molecule has 0 bridgehead atoms. The first-order chi connectivity index (χ1) is 24.3. The number of anilines is 2. The molecule has 3 atom stereocenters. The van der Waals surface area contributed by atoms with E-state index in [1.807, 2.05) is 41.3 Å². The fourth-order valence-electron chi connectivity index (χ4n) is 7.10. The number of hydrogen-bond donors (Lipinski definition) is 2. The summed E-state index contributed by atoms with van der Waals surface area (Å²) in [4.78, 5) is 40.4. The predicted octanol–water partition coefficient (Wildman–Crippen LogP) is 8.09. The average molecular weight is 752 g/mol. The second kappa shape index (κ2) is 15.8. The molecule has 0 aliphatic carbocycles. The van der Waals surface area contributed by atoms with Crippen molar-refractivity contribution in [3.8, 4) is 0 Å². The van der Waals surface area contributed by atoms with E-state index >= 15 is 0 Å². The van der Waals surface area contributed by atoms with E-state index in [0.29, 0.717) is 11.4 Å². The SMILES string of the molecule is O=C(NC1CCN(Cc2ccccc2)C1)[C@@H]1CCCCN1c1nc2ccc(Cl)cc2s1.O=C(O)[C@@H]1CCCCN1c1nc2ccc(Cl)cc2s1. The highest BCUT2D eigenvalue weighted by Crippen LogP contribution is 2.35. The number of likely N-dealkylation sites (tertiary alicyclic amines) is 1. The molecule has 3 saturated heterocycles. The van der Waals surface area contributed by atoms with Gasteiger partial charge in [-0.05, 0) is 86.9 Å². The molecule has 5 heterocycles. The number of carboxylic acids is 1. The van der Waals surface area contributed by atoms with Crippen molar-refractivity contribution in [3.63, 3.8) is 0 Å². The number of carboxylic acid groups (broad SMARTS) is 1. The molecule has 2 N–H and O–H groups in total. The number of nitrogens with zero attached hydrogens (tertiary/aromatic N) is 5. The molecule has 3 aliphatic heterocycles. The number of rotatable bonds is 7. The number of aromatic nitrogens is 2. The van der Waals surface area contributed by atoms with Gasteiger partial charge in [-0.1, -0.05) is 76.2 Å². The number of nitrogens with one attached hydrogen (secondary N) is 1. The summed E-state index contributed by atoms with van der Waals surface area (Å²) in [5, 5.41) is 15.7. The normalized spacial score (nSPS) is 21.3. The van der Waals surface area contributed by atoms with Crippen molar-refractivity contribution in [1.82, 2.24) is 20.2 Å². The summed E-state index contributed by atoms with van der Waals surface area (Å²) in [5.74, 6) is -0.625. The topological polar surface area (TPSA) is 102 Å². The van der Waals surface area contributed by atoms with Crippen LogP contribution in [0.3, 0.4) is 0 Å². The largest absolute Gasteiger partial charge is 0.480 e. The van der Waals surface area contributed by atoms with Gasteiger partial charge in [0.05, 0.1) is 20.4 Å². The van der Waals surface area contributed by atoms with Gasteiger partial charge in [0.1, 0.15) is 12.1 Å². The zero-order chi connectivity index (χ0) is 34.6. The standard InChI is InChI=1S/C24H27ClN4OS.C13H13ClN2O2S/c25-18-9-10-20-22(14-18)31-24(27-20)29-12-5-4-8-21(29)23(30)26-19-11-13-28(16-19)15-17-6-2-1-3-7-17;14-8-4-5-9-11(7-8)19-13(15-9)16-6-2-1-3-10(16)12(17)18/h1-3,6-7,9-10,14,19,21H,4-5,8,11-13,15-16H2,(H,26,30);4-5,7,10H,1-3,6H2,(H,17,18)/t19?,21-;10-/m00/s1. The van der Waals surface area contributed by atoms with Crippen molar-refractivity contribution < 1.29 is 14.7 Å². The van der Waals surface area contributed by atoms with Crippen LogP contribution in [0.25, 0.3) is 20.4 Å². The molecule has 0 radical (unpaired) electrons. The molecule has 50 heavy (non-hydrogen) atoms. The van der Waals surface area contributed by atoms with Crippen LogP contribution in [0.1, 0.15) is 50.5 Å². The molecule has 0 saturated carbocycles. The number of fused-ring (bicyclic) bond motifs is 2. The van der Waals surface area contributed by atoms with E-state index in [1.165, 1.54) is 16.9 Å². The van der Waals surface area contributed by atoms with Crippen LogP contribution in [0.4, 0.5) is 10.3 Å². The van der Waals surface area contributed by atoms with E-state index in [4.69, 9.17) is 28.2 Å². The minimum Gasteiger partial charge on any atom is -0.480 e. The molecule has 262 valence electrons. The first kappa shape index (κ1) is 34.9. The first-order valence-corrected chi connectivity index (χ1v) is 19.6. The van der Waals surface area contributed by atoms with Gasteiger partial charge in [-0.2, -0.15) is 0 Å². The van der Waals surface area contributed by atoms with E-state index in [-0.39, 0.29) is 18.0 Å². The lowest BCUT2D eigenvalue weighted by Gasteiger charge is -2.35. The Morgan fingerprint density at radius 2 is 1.34 bits per heavy atom. The van der Waals surface area contributed by atoms with Crippen molar-refractivity contribution in [1.29, 1.82) is 0 Å². The Hall–Kier alpha value is -3.48. The Balaban J connectivity index is 0.000000176. The molecule has 3 aromatic carbocycles. The van der Waals surface area contributed by atoms with Gasteiger partial charge < -0.3 is 20.2 Å². The number of thiazole rings is 2. The summed E-state index contributed by atoms with van der Waals surface area (Å²) in [7, 11) is 0. The van der Waals surface area contributed by atoms with Gasteiger partial charge in [0.15, 0.2) is 10.3 Å². The Morgan fingerprint density at radius 1 is 0.760 bits per heavy atom. The van der Waals surface area contributed by atoms with E-state index in [2.05, 4.69) is 44.4 Å². The highest BCUT2D eigenvalue weighted by molar-refractivity contribution is 7.22. The third-order valence-corrected chi connectivity index (χ3v) is 12.2. The van der Waals surface area contributed by atoms with Crippen LogP contribution in [0.15, 0.2) is 66.7 Å². The number of aliphatic carboxylic acids is 1. The smallest absolute Gasteiger partial charge is 0.326 e. The second-order valence-electron chi connectivity index (χ2n) is 13.2. The van der Waals surface area contributed by atoms with Crippen LogP contribution in [0.5, 0.6) is 0 Å². The van der Waals surface area contributed by atoms with E-state index in [9.17, 15) is 14.7 Å². The molecule has 3 aliphatic rings. The molecule has 5 aromatic rings. The number of halogens is 2. The second-order valence-corrected chi connectivity index (χ2v) is 16.1. The Bertz CT molecular complexity index is 1960. The van der Waals surface area contributed by atoms with Crippen LogP contribution < -0.4 is 15.1 Å². The van der Waals surface area contributed by atoms with E-state index in [0.717, 1.165) is 107 Å². The lowest BCUT2D eigenvalue weighted by Crippen LogP contribution is -2.52. The summed E-state index contributed by atoms with van der Waals surface area (Å²) < 4.78 is 2.07. The average Bonchev–Trinajstić information content (AvgIpc) is 3.87. The molecule has 8 rings (SSSR count). The number of amides is 1. The Kier molecular flexibility index (Phi) is 11.1. The molecule has 1 unspecified atom stereocenters. The fourth-order valence-corrected chi connectivity index (χ4v) is 9.74. The van der Waals surface area contributed by atoms with E-state index in [1.54, 1.807) is 17.4 Å². The van der Waals surface area contributed by atoms with Crippen LogP contribution in [-0.4, -0.2) is 76.2 Å². The zero-order valence-electron chi connectivity index (χ0n) is 27.6. The van der Waals surface area contributed by atoms with Crippen molar-refractivity contribution in [2.24, 2.45) is 0 Å².